The Morgan fingerprint density at radius 1 is 1.00 bits per heavy atom. The predicted molar refractivity (Wildman–Crippen MR) is 95.4 cm³/mol. The lowest BCUT2D eigenvalue weighted by atomic mass is 9.79. The minimum absolute atomic E-state index is 0.341. The second-order valence-corrected chi connectivity index (χ2v) is 7.08. The van der Waals surface area contributed by atoms with Gasteiger partial charge in [-0.25, -0.2) is 0 Å². The lowest BCUT2D eigenvalue weighted by Gasteiger charge is -2.29. The quantitative estimate of drug-likeness (QED) is 0.771. The maximum Gasteiger partial charge on any atom is 0.125 e. The lowest BCUT2D eigenvalue weighted by molar-refractivity contribution is 0.259. The van der Waals surface area contributed by atoms with Crippen LogP contribution < -0.4 is 16.2 Å². The number of nitrogens with two attached hydrogens (primary N) is 2. The van der Waals surface area contributed by atoms with Crippen LogP contribution >= 0.6 is 0 Å². The first-order valence-electron chi connectivity index (χ1n) is 8.45. The van der Waals surface area contributed by atoms with Crippen molar-refractivity contribution in [3.05, 3.63) is 28.8 Å². The highest BCUT2D eigenvalue weighted by molar-refractivity contribution is 5.46. The van der Waals surface area contributed by atoms with Gasteiger partial charge >= 0.3 is 0 Å². The molecule has 0 saturated heterocycles. The fourth-order valence-corrected chi connectivity index (χ4v) is 2.99. The van der Waals surface area contributed by atoms with E-state index in [0.29, 0.717) is 36.8 Å². The summed E-state index contributed by atoms with van der Waals surface area (Å²) in [6.07, 6.45) is 0. The van der Waals surface area contributed by atoms with Crippen molar-refractivity contribution in [2.45, 2.75) is 47.5 Å². The molecule has 0 radical (unpaired) electrons. The van der Waals surface area contributed by atoms with Gasteiger partial charge < -0.3 is 16.2 Å². The van der Waals surface area contributed by atoms with E-state index in [1.54, 1.807) is 0 Å². The molecule has 2 atom stereocenters. The Balaban J connectivity index is 3.14. The standard InChI is InChI=1S/C19H34N2O/c1-12(2)11-22-19-14(4)7-13(3)8-18(19)16(6)15(5)17(9-20)10-21/h7-8,12,15-17H,9-11,20-21H2,1-6H3. The van der Waals surface area contributed by atoms with E-state index in [-0.39, 0.29) is 0 Å². The molecule has 1 aromatic carbocycles. The zero-order valence-corrected chi connectivity index (χ0v) is 15.1. The zero-order chi connectivity index (χ0) is 16.9. The summed E-state index contributed by atoms with van der Waals surface area (Å²) in [6.45, 7) is 15.1. The van der Waals surface area contributed by atoms with Gasteiger partial charge in [-0.3, -0.25) is 0 Å². The molecule has 1 aromatic rings. The highest BCUT2D eigenvalue weighted by Gasteiger charge is 2.25. The van der Waals surface area contributed by atoms with Crippen LogP contribution in [0.1, 0.15) is 50.3 Å². The van der Waals surface area contributed by atoms with Gasteiger partial charge in [-0.15, -0.1) is 0 Å². The number of hydrogen-bond acceptors (Lipinski definition) is 3. The number of hydrogen-bond donors (Lipinski definition) is 2. The van der Waals surface area contributed by atoms with E-state index in [1.165, 1.54) is 16.7 Å². The summed E-state index contributed by atoms with van der Waals surface area (Å²) in [7, 11) is 0. The molecule has 126 valence electrons. The average molecular weight is 306 g/mol. The van der Waals surface area contributed by atoms with Crippen molar-refractivity contribution in [3.8, 4) is 5.75 Å². The third kappa shape index (κ3) is 4.72. The van der Waals surface area contributed by atoms with Gasteiger partial charge in [-0.2, -0.15) is 0 Å². The smallest absolute Gasteiger partial charge is 0.125 e. The molecule has 0 fully saturated rings. The van der Waals surface area contributed by atoms with Crippen LogP contribution in [0.2, 0.25) is 0 Å². The fourth-order valence-electron chi connectivity index (χ4n) is 2.99. The Labute approximate surface area is 136 Å². The highest BCUT2D eigenvalue weighted by atomic mass is 16.5. The second-order valence-electron chi connectivity index (χ2n) is 7.08. The Kier molecular flexibility index (Phi) is 7.37. The van der Waals surface area contributed by atoms with Crippen LogP contribution in [-0.4, -0.2) is 19.7 Å². The largest absolute Gasteiger partial charge is 0.493 e. The van der Waals surface area contributed by atoms with Crippen molar-refractivity contribution in [2.24, 2.45) is 29.2 Å². The van der Waals surface area contributed by atoms with Crippen molar-refractivity contribution >= 4 is 0 Å². The third-order valence-corrected chi connectivity index (χ3v) is 4.64. The molecular formula is C19H34N2O. The molecule has 0 heterocycles. The molecule has 0 aromatic heterocycles. The summed E-state index contributed by atoms with van der Waals surface area (Å²) in [5.41, 5.74) is 15.6. The number of ether oxygens (including phenoxy) is 1. The maximum absolute atomic E-state index is 6.14. The molecule has 0 saturated carbocycles. The topological polar surface area (TPSA) is 61.3 Å². The molecule has 3 nitrogen and oxygen atoms in total. The SMILES string of the molecule is Cc1cc(C)c(OCC(C)C)c(C(C)C(C)C(CN)CN)c1. The van der Waals surface area contributed by atoms with Crippen LogP contribution in [0.5, 0.6) is 5.75 Å². The van der Waals surface area contributed by atoms with Crippen LogP contribution in [0.3, 0.4) is 0 Å². The molecule has 2 unspecified atom stereocenters. The Bertz CT molecular complexity index is 467. The van der Waals surface area contributed by atoms with Crippen LogP contribution in [0.25, 0.3) is 0 Å². The first-order valence-corrected chi connectivity index (χ1v) is 8.45. The minimum atomic E-state index is 0.341. The molecule has 22 heavy (non-hydrogen) atoms. The van der Waals surface area contributed by atoms with Gasteiger partial charge in [0.05, 0.1) is 6.61 Å². The van der Waals surface area contributed by atoms with Gasteiger partial charge in [0, 0.05) is 0 Å². The molecule has 1 rings (SSSR count). The first kappa shape index (κ1) is 19.0. The van der Waals surface area contributed by atoms with E-state index in [0.717, 1.165) is 12.4 Å². The van der Waals surface area contributed by atoms with E-state index in [2.05, 4.69) is 53.7 Å². The summed E-state index contributed by atoms with van der Waals surface area (Å²) in [4.78, 5) is 0. The van der Waals surface area contributed by atoms with Gasteiger partial charge in [-0.05, 0) is 61.7 Å². The van der Waals surface area contributed by atoms with Crippen molar-refractivity contribution in [2.75, 3.05) is 19.7 Å². The molecule has 0 bridgehead atoms. The molecule has 0 aliphatic heterocycles. The number of benzene rings is 1. The third-order valence-electron chi connectivity index (χ3n) is 4.64. The van der Waals surface area contributed by atoms with Gasteiger partial charge in [0.1, 0.15) is 5.75 Å². The number of aryl methyl sites for hydroxylation is 2. The molecule has 0 spiro atoms. The predicted octanol–water partition coefficient (Wildman–Crippen LogP) is 3.61. The molecule has 0 amide bonds. The summed E-state index contributed by atoms with van der Waals surface area (Å²) in [5.74, 6) is 2.71. The maximum atomic E-state index is 6.14. The lowest BCUT2D eigenvalue weighted by Crippen LogP contribution is -2.31. The van der Waals surface area contributed by atoms with Crippen LogP contribution in [0.15, 0.2) is 12.1 Å². The molecule has 4 N–H and O–H groups in total. The fraction of sp³-hybridized carbons (Fsp3) is 0.684. The van der Waals surface area contributed by atoms with Crippen LogP contribution in [0.4, 0.5) is 0 Å². The van der Waals surface area contributed by atoms with Gasteiger partial charge in [0.2, 0.25) is 0 Å². The molecule has 0 aliphatic carbocycles. The van der Waals surface area contributed by atoms with E-state index in [4.69, 9.17) is 16.2 Å². The van der Waals surface area contributed by atoms with Crippen molar-refractivity contribution in [3.63, 3.8) is 0 Å². The minimum Gasteiger partial charge on any atom is -0.493 e. The van der Waals surface area contributed by atoms with Gasteiger partial charge in [-0.1, -0.05) is 45.4 Å². The Morgan fingerprint density at radius 2 is 1.59 bits per heavy atom. The number of rotatable bonds is 8. The molecule has 3 heteroatoms. The zero-order valence-electron chi connectivity index (χ0n) is 15.1. The monoisotopic (exact) mass is 306 g/mol. The summed E-state index contributed by atoms with van der Waals surface area (Å²) >= 11 is 0. The summed E-state index contributed by atoms with van der Waals surface area (Å²) in [5, 5.41) is 0. The second kappa shape index (κ2) is 8.54. The van der Waals surface area contributed by atoms with Crippen molar-refractivity contribution < 1.29 is 4.74 Å². The summed E-state index contributed by atoms with van der Waals surface area (Å²) < 4.78 is 6.14. The first-order chi connectivity index (χ1) is 10.3. The van der Waals surface area contributed by atoms with Gasteiger partial charge in [0.15, 0.2) is 0 Å². The Hall–Kier alpha value is -1.06. The van der Waals surface area contributed by atoms with Crippen molar-refractivity contribution in [1.82, 2.24) is 0 Å². The van der Waals surface area contributed by atoms with Gasteiger partial charge in [0.25, 0.3) is 0 Å². The molecule has 0 aliphatic rings. The normalized spacial score (nSPS) is 14.5. The highest BCUT2D eigenvalue weighted by Crippen LogP contribution is 2.37. The van der Waals surface area contributed by atoms with E-state index >= 15 is 0 Å². The van der Waals surface area contributed by atoms with E-state index in [1.807, 2.05) is 0 Å². The molecular weight excluding hydrogens is 272 g/mol. The van der Waals surface area contributed by atoms with Crippen LogP contribution in [0, 0.1) is 31.6 Å². The summed E-state index contributed by atoms with van der Waals surface area (Å²) in [6, 6.07) is 4.45. The van der Waals surface area contributed by atoms with E-state index < -0.39 is 0 Å². The van der Waals surface area contributed by atoms with Crippen LogP contribution in [-0.2, 0) is 0 Å². The Morgan fingerprint density at radius 3 is 2.09 bits per heavy atom. The van der Waals surface area contributed by atoms with Crippen molar-refractivity contribution in [1.29, 1.82) is 0 Å². The average Bonchev–Trinajstić information content (AvgIpc) is 2.45. The van der Waals surface area contributed by atoms with E-state index in [9.17, 15) is 0 Å².